The van der Waals surface area contributed by atoms with Crippen molar-refractivity contribution in [3.8, 4) is 5.75 Å². The van der Waals surface area contributed by atoms with Crippen LogP contribution in [-0.4, -0.2) is 5.11 Å². The van der Waals surface area contributed by atoms with Gasteiger partial charge in [0.1, 0.15) is 5.75 Å². The molecule has 0 amide bonds. The summed E-state index contributed by atoms with van der Waals surface area (Å²) >= 11 is 0. The first-order valence-electron chi connectivity index (χ1n) is 5.69. The van der Waals surface area contributed by atoms with Gasteiger partial charge in [-0.15, -0.1) is 0 Å². The van der Waals surface area contributed by atoms with E-state index in [0.717, 1.165) is 0 Å². The van der Waals surface area contributed by atoms with Crippen molar-refractivity contribution in [1.82, 2.24) is 0 Å². The van der Waals surface area contributed by atoms with Gasteiger partial charge >= 0.3 is 0 Å². The molecule has 1 N–H and O–H groups in total. The lowest BCUT2D eigenvalue weighted by atomic mass is 10.3. The molecule has 0 aromatic heterocycles. The SMILES string of the molecule is C=C/C=C(Oc1ccccc1)\C(O)=C/C.CC. The number of ether oxygens (including phenoxy) is 1. The van der Waals surface area contributed by atoms with E-state index in [1.165, 1.54) is 0 Å². The fourth-order valence-corrected chi connectivity index (χ4v) is 1.04. The highest BCUT2D eigenvalue weighted by Gasteiger charge is 2.03. The van der Waals surface area contributed by atoms with Gasteiger partial charge in [0, 0.05) is 0 Å². The molecular formula is C15H20O2. The maximum atomic E-state index is 9.53. The monoisotopic (exact) mass is 232 g/mol. The number of benzene rings is 1. The molecule has 0 saturated carbocycles. The third kappa shape index (κ3) is 5.61. The van der Waals surface area contributed by atoms with Gasteiger partial charge in [-0.3, -0.25) is 0 Å². The summed E-state index contributed by atoms with van der Waals surface area (Å²) in [5.41, 5.74) is 0. The smallest absolute Gasteiger partial charge is 0.168 e. The first-order valence-corrected chi connectivity index (χ1v) is 5.69. The van der Waals surface area contributed by atoms with Crippen LogP contribution in [0, 0.1) is 0 Å². The van der Waals surface area contributed by atoms with Gasteiger partial charge in [0.25, 0.3) is 0 Å². The molecule has 0 fully saturated rings. The molecule has 2 nitrogen and oxygen atoms in total. The molecule has 0 spiro atoms. The first kappa shape index (κ1) is 15.0. The van der Waals surface area contributed by atoms with Gasteiger partial charge in [0.2, 0.25) is 0 Å². The van der Waals surface area contributed by atoms with Crippen molar-refractivity contribution in [3.63, 3.8) is 0 Å². The molecular weight excluding hydrogens is 212 g/mol. The van der Waals surface area contributed by atoms with E-state index >= 15 is 0 Å². The van der Waals surface area contributed by atoms with Gasteiger partial charge in [-0.05, 0) is 31.2 Å². The summed E-state index contributed by atoms with van der Waals surface area (Å²) in [5.74, 6) is 1.16. The van der Waals surface area contributed by atoms with E-state index in [0.29, 0.717) is 11.5 Å². The summed E-state index contributed by atoms with van der Waals surface area (Å²) < 4.78 is 5.48. The normalized spacial score (nSPS) is 11.2. The fraction of sp³-hybridized carbons (Fsp3) is 0.200. The molecule has 92 valence electrons. The lowest BCUT2D eigenvalue weighted by Crippen LogP contribution is -1.98. The molecule has 0 heterocycles. The van der Waals surface area contributed by atoms with E-state index < -0.39 is 0 Å². The average molecular weight is 232 g/mol. The predicted molar refractivity (Wildman–Crippen MR) is 73.1 cm³/mol. The van der Waals surface area contributed by atoms with Crippen LogP contribution in [0.15, 0.2) is 66.7 Å². The summed E-state index contributed by atoms with van der Waals surface area (Å²) in [4.78, 5) is 0. The lowest BCUT2D eigenvalue weighted by molar-refractivity contribution is 0.337. The quantitative estimate of drug-likeness (QED) is 0.606. The van der Waals surface area contributed by atoms with Crippen molar-refractivity contribution in [3.05, 3.63) is 66.7 Å². The molecule has 1 aromatic rings. The van der Waals surface area contributed by atoms with Crippen molar-refractivity contribution in [2.45, 2.75) is 20.8 Å². The number of hydrogen-bond donors (Lipinski definition) is 1. The molecule has 0 aliphatic heterocycles. The van der Waals surface area contributed by atoms with Crippen LogP contribution in [-0.2, 0) is 0 Å². The highest BCUT2D eigenvalue weighted by Crippen LogP contribution is 2.16. The maximum Gasteiger partial charge on any atom is 0.168 e. The largest absolute Gasteiger partial charge is 0.504 e. The predicted octanol–water partition coefficient (Wildman–Crippen LogP) is 4.62. The number of hydrogen-bond acceptors (Lipinski definition) is 2. The van der Waals surface area contributed by atoms with Crippen LogP contribution < -0.4 is 4.74 Å². The van der Waals surface area contributed by atoms with Gasteiger partial charge in [-0.2, -0.15) is 0 Å². The van der Waals surface area contributed by atoms with Gasteiger partial charge in [-0.25, -0.2) is 0 Å². The van der Waals surface area contributed by atoms with E-state index in [4.69, 9.17) is 4.74 Å². The van der Waals surface area contributed by atoms with Crippen LogP contribution in [0.25, 0.3) is 0 Å². The Labute approximate surface area is 104 Å². The van der Waals surface area contributed by atoms with Crippen molar-refractivity contribution >= 4 is 0 Å². The minimum Gasteiger partial charge on any atom is -0.504 e. The van der Waals surface area contributed by atoms with Gasteiger partial charge in [0.15, 0.2) is 11.5 Å². The van der Waals surface area contributed by atoms with Gasteiger partial charge in [-0.1, -0.05) is 44.7 Å². The molecule has 17 heavy (non-hydrogen) atoms. The van der Waals surface area contributed by atoms with Crippen LogP contribution in [0.2, 0.25) is 0 Å². The number of allylic oxidation sites excluding steroid dienone is 3. The molecule has 1 rings (SSSR count). The summed E-state index contributed by atoms with van der Waals surface area (Å²) in [6.45, 7) is 9.30. The number of rotatable bonds is 4. The van der Waals surface area contributed by atoms with Crippen molar-refractivity contribution in [1.29, 1.82) is 0 Å². The Morgan fingerprint density at radius 2 is 1.82 bits per heavy atom. The van der Waals surface area contributed by atoms with E-state index in [9.17, 15) is 5.11 Å². The van der Waals surface area contributed by atoms with Crippen LogP contribution >= 0.6 is 0 Å². The summed E-state index contributed by atoms with van der Waals surface area (Å²) in [6, 6.07) is 9.28. The van der Waals surface area contributed by atoms with Gasteiger partial charge < -0.3 is 9.84 Å². The second kappa shape index (κ2) is 9.28. The van der Waals surface area contributed by atoms with E-state index in [1.807, 2.05) is 44.2 Å². The number of aliphatic hydroxyl groups excluding tert-OH is 1. The Morgan fingerprint density at radius 3 is 2.29 bits per heavy atom. The van der Waals surface area contributed by atoms with Crippen molar-refractivity contribution in [2.24, 2.45) is 0 Å². The Balaban J connectivity index is 0.00000121. The van der Waals surface area contributed by atoms with Crippen molar-refractivity contribution in [2.75, 3.05) is 0 Å². The number of aliphatic hydroxyl groups is 1. The molecule has 0 aliphatic rings. The van der Waals surface area contributed by atoms with E-state index in [2.05, 4.69) is 6.58 Å². The second-order valence-electron chi connectivity index (χ2n) is 2.86. The highest BCUT2D eigenvalue weighted by atomic mass is 16.5. The Bertz CT molecular complexity index is 375. The Hall–Kier alpha value is -1.96. The zero-order valence-corrected chi connectivity index (χ0v) is 10.7. The van der Waals surface area contributed by atoms with E-state index in [-0.39, 0.29) is 5.76 Å². The molecule has 0 radical (unpaired) electrons. The van der Waals surface area contributed by atoms with Crippen LogP contribution in [0.1, 0.15) is 20.8 Å². The van der Waals surface area contributed by atoms with Crippen LogP contribution in [0.3, 0.4) is 0 Å². The molecule has 0 unspecified atom stereocenters. The topological polar surface area (TPSA) is 29.5 Å². The maximum absolute atomic E-state index is 9.53. The number of para-hydroxylation sites is 1. The molecule has 2 heteroatoms. The fourth-order valence-electron chi connectivity index (χ4n) is 1.04. The standard InChI is InChI=1S/C13H14O2.C2H6/c1-3-8-13(12(14)4-2)15-11-9-6-5-7-10-11;1-2/h3-10,14H,1H2,2H3;1-2H3/b12-4+,13-8+;. The molecule has 0 aliphatic carbocycles. The minimum atomic E-state index is 0.0961. The van der Waals surface area contributed by atoms with Crippen LogP contribution in [0.4, 0.5) is 0 Å². The molecule has 1 aromatic carbocycles. The molecule has 0 bridgehead atoms. The Morgan fingerprint density at radius 1 is 1.24 bits per heavy atom. The zero-order valence-electron chi connectivity index (χ0n) is 10.7. The summed E-state index contributed by atoms with van der Waals surface area (Å²) in [5, 5.41) is 9.53. The minimum absolute atomic E-state index is 0.0961. The average Bonchev–Trinajstić information content (AvgIpc) is 2.41. The van der Waals surface area contributed by atoms with Crippen molar-refractivity contribution < 1.29 is 9.84 Å². The zero-order chi connectivity index (χ0) is 13.1. The second-order valence-corrected chi connectivity index (χ2v) is 2.86. The Kier molecular flexibility index (Phi) is 8.21. The molecule has 0 saturated heterocycles. The summed E-state index contributed by atoms with van der Waals surface area (Å²) in [6.07, 6.45) is 4.75. The third-order valence-corrected chi connectivity index (χ3v) is 1.77. The lowest BCUT2D eigenvalue weighted by Gasteiger charge is -2.08. The van der Waals surface area contributed by atoms with Crippen LogP contribution in [0.5, 0.6) is 5.75 Å². The van der Waals surface area contributed by atoms with E-state index in [1.54, 1.807) is 25.2 Å². The third-order valence-electron chi connectivity index (χ3n) is 1.77. The highest BCUT2D eigenvalue weighted by molar-refractivity contribution is 5.30. The summed E-state index contributed by atoms with van der Waals surface area (Å²) in [7, 11) is 0. The van der Waals surface area contributed by atoms with Gasteiger partial charge in [0.05, 0.1) is 0 Å². The molecule has 0 atom stereocenters. The first-order chi connectivity index (χ1) is 8.27.